The molecule has 0 bridgehead atoms. The molecular weight excluding hydrogens is 405 g/mol. The zero-order valence-electron chi connectivity index (χ0n) is 15.2. The largest absolute Gasteiger partial charge is 0.485 e. The number of rotatable bonds is 5. The number of hydrazine groups is 1. The van der Waals surface area contributed by atoms with E-state index < -0.39 is 44.7 Å². The first-order chi connectivity index (χ1) is 13.8. The molecule has 0 spiro atoms. The van der Waals surface area contributed by atoms with Crippen molar-refractivity contribution < 1.29 is 31.9 Å². The zero-order valence-corrected chi connectivity index (χ0v) is 16.0. The van der Waals surface area contributed by atoms with Gasteiger partial charge in [0.05, 0.1) is 6.04 Å². The molecule has 2 atom stereocenters. The summed E-state index contributed by atoms with van der Waals surface area (Å²) in [6, 6.07) is 10.3. The molecule has 1 heterocycles. The third-order valence-corrected chi connectivity index (χ3v) is 5.54. The quantitative estimate of drug-likeness (QED) is 0.602. The van der Waals surface area contributed by atoms with E-state index in [0.717, 1.165) is 12.1 Å². The first kappa shape index (κ1) is 20.6. The topological polar surface area (TPSA) is 123 Å². The van der Waals surface area contributed by atoms with Crippen LogP contribution in [0.1, 0.15) is 6.92 Å². The summed E-state index contributed by atoms with van der Waals surface area (Å²) < 4.78 is 51.1. The molecule has 1 aliphatic heterocycles. The average molecular weight is 423 g/mol. The van der Waals surface area contributed by atoms with E-state index in [1.807, 2.05) is 4.72 Å². The number of hydrogen-bond donors (Lipinski definition) is 3. The van der Waals surface area contributed by atoms with Gasteiger partial charge in [0.25, 0.3) is 11.8 Å². The van der Waals surface area contributed by atoms with Gasteiger partial charge in [-0.05, 0) is 31.2 Å². The molecule has 154 valence electrons. The van der Waals surface area contributed by atoms with Crippen molar-refractivity contribution in [2.45, 2.75) is 24.0 Å². The van der Waals surface area contributed by atoms with E-state index in [2.05, 4.69) is 10.9 Å². The second kappa shape index (κ2) is 8.45. The Bertz CT molecular complexity index is 1030. The highest BCUT2D eigenvalue weighted by molar-refractivity contribution is 7.89. The Kier molecular flexibility index (Phi) is 5.99. The predicted octanol–water partition coefficient (Wildman–Crippen LogP) is 0.480. The maximum atomic E-state index is 13.7. The summed E-state index contributed by atoms with van der Waals surface area (Å²) in [5.41, 5.74) is 4.25. The molecular formula is C18H18FN3O6S. The summed E-state index contributed by atoms with van der Waals surface area (Å²) >= 11 is 0. The number of hydrogen-bond acceptors (Lipinski definition) is 6. The van der Waals surface area contributed by atoms with Crippen LogP contribution in [0.4, 0.5) is 4.39 Å². The normalized spacial score (nSPS) is 16.6. The van der Waals surface area contributed by atoms with E-state index >= 15 is 0 Å². The molecule has 11 heteroatoms. The zero-order chi connectivity index (χ0) is 21.0. The number of fused-ring (bicyclic) bond motifs is 1. The molecule has 0 saturated heterocycles. The fourth-order valence-corrected chi connectivity index (χ4v) is 3.76. The molecule has 0 aromatic heterocycles. The fraction of sp³-hybridized carbons (Fsp3) is 0.222. The van der Waals surface area contributed by atoms with Gasteiger partial charge in [-0.3, -0.25) is 20.4 Å². The minimum absolute atomic E-state index is 0.0613. The van der Waals surface area contributed by atoms with Crippen LogP contribution < -0.4 is 25.0 Å². The van der Waals surface area contributed by atoms with E-state index in [1.165, 1.54) is 19.1 Å². The Morgan fingerprint density at radius 3 is 2.45 bits per heavy atom. The molecule has 3 rings (SSSR count). The Hall–Kier alpha value is -3.18. The van der Waals surface area contributed by atoms with Crippen LogP contribution in [0.2, 0.25) is 0 Å². The van der Waals surface area contributed by atoms with Crippen molar-refractivity contribution in [2.24, 2.45) is 0 Å². The summed E-state index contributed by atoms with van der Waals surface area (Å²) in [6.07, 6.45) is -1.00. The Labute approximate surface area is 166 Å². The number of sulfonamides is 1. The van der Waals surface area contributed by atoms with Gasteiger partial charge in [-0.15, -0.1) is 0 Å². The van der Waals surface area contributed by atoms with Gasteiger partial charge in [-0.2, -0.15) is 4.72 Å². The van der Waals surface area contributed by atoms with Gasteiger partial charge in [0.2, 0.25) is 16.1 Å². The summed E-state index contributed by atoms with van der Waals surface area (Å²) in [5.74, 6) is -1.60. The van der Waals surface area contributed by atoms with Crippen LogP contribution in [0.3, 0.4) is 0 Å². The number of carbonyl (C=O) groups excluding carboxylic acids is 2. The molecule has 0 radical (unpaired) electrons. The number of ether oxygens (including phenoxy) is 2. The average Bonchev–Trinajstić information content (AvgIpc) is 2.71. The van der Waals surface area contributed by atoms with Crippen LogP contribution in [-0.2, 0) is 19.6 Å². The van der Waals surface area contributed by atoms with E-state index in [1.54, 1.807) is 24.3 Å². The molecule has 3 N–H and O–H groups in total. The molecule has 0 unspecified atom stereocenters. The van der Waals surface area contributed by atoms with Crippen molar-refractivity contribution in [2.75, 3.05) is 6.61 Å². The van der Waals surface area contributed by atoms with Crippen LogP contribution in [0.5, 0.6) is 11.5 Å². The van der Waals surface area contributed by atoms with Crippen molar-refractivity contribution in [3.63, 3.8) is 0 Å². The summed E-state index contributed by atoms with van der Waals surface area (Å²) in [5, 5.41) is 0. The highest BCUT2D eigenvalue weighted by Crippen LogP contribution is 2.30. The van der Waals surface area contributed by atoms with Gasteiger partial charge in [-0.1, -0.05) is 24.3 Å². The van der Waals surface area contributed by atoms with Crippen LogP contribution in [0, 0.1) is 5.82 Å². The predicted molar refractivity (Wildman–Crippen MR) is 98.8 cm³/mol. The molecule has 2 aromatic rings. The van der Waals surface area contributed by atoms with Gasteiger partial charge < -0.3 is 9.47 Å². The van der Waals surface area contributed by atoms with E-state index in [0.29, 0.717) is 11.5 Å². The maximum absolute atomic E-state index is 13.7. The lowest BCUT2D eigenvalue weighted by Gasteiger charge is -2.25. The van der Waals surface area contributed by atoms with Crippen molar-refractivity contribution in [1.29, 1.82) is 0 Å². The molecule has 0 fully saturated rings. The van der Waals surface area contributed by atoms with Crippen molar-refractivity contribution in [3.8, 4) is 11.5 Å². The van der Waals surface area contributed by atoms with E-state index in [-0.39, 0.29) is 6.61 Å². The number of nitrogens with one attached hydrogen (secondary N) is 3. The SMILES string of the molecule is C[C@@H](NS(=O)(=O)c1ccccc1F)C(=O)NNC(=O)[C@@H]1COc2ccccc2O1. The monoisotopic (exact) mass is 423 g/mol. The van der Waals surface area contributed by atoms with Crippen molar-refractivity contribution >= 4 is 21.8 Å². The number of para-hydroxylation sites is 2. The van der Waals surface area contributed by atoms with Crippen LogP contribution in [0.25, 0.3) is 0 Å². The molecule has 2 amide bonds. The molecule has 0 saturated carbocycles. The number of benzene rings is 2. The fourth-order valence-electron chi connectivity index (χ4n) is 2.47. The second-order valence-electron chi connectivity index (χ2n) is 6.12. The summed E-state index contributed by atoms with van der Waals surface area (Å²) in [4.78, 5) is 23.7. The third kappa shape index (κ3) is 4.81. The van der Waals surface area contributed by atoms with Gasteiger partial charge in [0, 0.05) is 0 Å². The minimum atomic E-state index is -4.27. The summed E-state index contributed by atoms with van der Waals surface area (Å²) in [7, 11) is -4.27. The lowest BCUT2D eigenvalue weighted by Crippen LogP contribution is -2.55. The Morgan fingerprint density at radius 1 is 1.07 bits per heavy atom. The smallest absolute Gasteiger partial charge is 0.283 e. The summed E-state index contributed by atoms with van der Waals surface area (Å²) in [6.45, 7) is 1.19. The molecule has 9 nitrogen and oxygen atoms in total. The Balaban J connectivity index is 1.54. The van der Waals surface area contributed by atoms with Gasteiger partial charge in [0.1, 0.15) is 17.3 Å². The molecule has 1 aliphatic rings. The second-order valence-corrected chi connectivity index (χ2v) is 7.80. The van der Waals surface area contributed by atoms with E-state index in [4.69, 9.17) is 9.47 Å². The number of halogens is 1. The number of carbonyl (C=O) groups is 2. The highest BCUT2D eigenvalue weighted by Gasteiger charge is 2.29. The van der Waals surface area contributed by atoms with Crippen LogP contribution >= 0.6 is 0 Å². The van der Waals surface area contributed by atoms with Gasteiger partial charge >= 0.3 is 0 Å². The van der Waals surface area contributed by atoms with Crippen LogP contribution in [0.15, 0.2) is 53.4 Å². The van der Waals surface area contributed by atoms with Crippen molar-refractivity contribution in [1.82, 2.24) is 15.6 Å². The molecule has 0 aliphatic carbocycles. The maximum Gasteiger partial charge on any atom is 0.283 e. The van der Waals surface area contributed by atoms with Gasteiger partial charge in [-0.25, -0.2) is 12.8 Å². The minimum Gasteiger partial charge on any atom is -0.485 e. The lowest BCUT2D eigenvalue weighted by atomic mass is 10.2. The third-order valence-electron chi connectivity index (χ3n) is 3.96. The lowest BCUT2D eigenvalue weighted by molar-refractivity contribution is -0.135. The first-order valence-corrected chi connectivity index (χ1v) is 10.0. The van der Waals surface area contributed by atoms with Gasteiger partial charge in [0.15, 0.2) is 11.5 Å². The highest BCUT2D eigenvalue weighted by atomic mass is 32.2. The Morgan fingerprint density at radius 2 is 1.72 bits per heavy atom. The molecule has 29 heavy (non-hydrogen) atoms. The first-order valence-electron chi connectivity index (χ1n) is 8.53. The van der Waals surface area contributed by atoms with Crippen molar-refractivity contribution in [3.05, 3.63) is 54.3 Å². The molecule has 2 aromatic carbocycles. The van der Waals surface area contributed by atoms with Crippen LogP contribution in [-0.4, -0.2) is 39.0 Å². The number of amides is 2. The standard InChI is InChI=1S/C18H18FN3O6S/c1-11(22-29(25,26)16-9-5-2-6-12(16)19)17(23)20-21-18(24)15-10-27-13-7-3-4-8-14(13)28-15/h2-9,11,15,22H,10H2,1H3,(H,20,23)(H,21,24)/t11-,15+/m1/s1. The van der Waals surface area contributed by atoms with E-state index in [9.17, 15) is 22.4 Å².